The van der Waals surface area contributed by atoms with E-state index in [-0.39, 0.29) is 12.6 Å². The van der Waals surface area contributed by atoms with Crippen molar-refractivity contribution in [3.05, 3.63) is 42.5 Å². The summed E-state index contributed by atoms with van der Waals surface area (Å²) < 4.78 is 42.7. The SMILES string of the molecule is C=CC(=O)OCC1CCCN1c1ccc(C(F)(F)F)cc1. The van der Waals surface area contributed by atoms with E-state index >= 15 is 0 Å². The molecule has 1 aromatic carbocycles. The van der Waals surface area contributed by atoms with E-state index in [1.165, 1.54) is 12.1 Å². The second-order valence-corrected chi connectivity index (χ2v) is 4.87. The third-order valence-electron chi connectivity index (χ3n) is 3.49. The lowest BCUT2D eigenvalue weighted by atomic mass is 10.1. The molecule has 0 bridgehead atoms. The van der Waals surface area contributed by atoms with Gasteiger partial charge in [0.15, 0.2) is 0 Å². The van der Waals surface area contributed by atoms with Gasteiger partial charge in [-0.05, 0) is 37.1 Å². The van der Waals surface area contributed by atoms with E-state index in [0.717, 1.165) is 37.6 Å². The van der Waals surface area contributed by atoms with Gasteiger partial charge in [-0.1, -0.05) is 6.58 Å². The van der Waals surface area contributed by atoms with Crippen molar-refractivity contribution in [1.82, 2.24) is 0 Å². The number of carbonyl (C=O) groups excluding carboxylic acids is 1. The Balaban J connectivity index is 2.05. The zero-order valence-electron chi connectivity index (χ0n) is 11.4. The standard InChI is InChI=1S/C15H16F3NO2/c1-2-14(20)21-10-13-4-3-9-19(13)12-7-5-11(6-8-12)15(16,17)18/h2,5-8,13H,1,3-4,9-10H2. The van der Waals surface area contributed by atoms with Crippen molar-refractivity contribution in [3.63, 3.8) is 0 Å². The molecule has 1 unspecified atom stereocenters. The van der Waals surface area contributed by atoms with Crippen LogP contribution in [0.1, 0.15) is 18.4 Å². The minimum atomic E-state index is -4.33. The Morgan fingerprint density at radius 3 is 2.62 bits per heavy atom. The van der Waals surface area contributed by atoms with E-state index < -0.39 is 17.7 Å². The summed E-state index contributed by atoms with van der Waals surface area (Å²) in [4.78, 5) is 13.1. The number of halogens is 3. The maximum absolute atomic E-state index is 12.5. The van der Waals surface area contributed by atoms with Crippen LogP contribution in [0.3, 0.4) is 0 Å². The molecule has 0 aromatic heterocycles. The lowest BCUT2D eigenvalue weighted by Gasteiger charge is -2.26. The first-order valence-electron chi connectivity index (χ1n) is 6.65. The van der Waals surface area contributed by atoms with Crippen molar-refractivity contribution in [2.24, 2.45) is 0 Å². The first-order chi connectivity index (χ1) is 9.91. The van der Waals surface area contributed by atoms with Crippen LogP contribution < -0.4 is 4.90 Å². The van der Waals surface area contributed by atoms with Crippen molar-refractivity contribution < 1.29 is 22.7 Å². The van der Waals surface area contributed by atoms with Crippen molar-refractivity contribution in [2.75, 3.05) is 18.1 Å². The number of hydrogen-bond donors (Lipinski definition) is 0. The number of ether oxygens (including phenoxy) is 1. The normalized spacial score (nSPS) is 18.6. The Morgan fingerprint density at radius 2 is 2.05 bits per heavy atom. The monoisotopic (exact) mass is 299 g/mol. The quantitative estimate of drug-likeness (QED) is 0.630. The van der Waals surface area contributed by atoms with Gasteiger partial charge in [-0.2, -0.15) is 13.2 Å². The zero-order chi connectivity index (χ0) is 15.5. The maximum atomic E-state index is 12.5. The summed E-state index contributed by atoms with van der Waals surface area (Å²) in [5.74, 6) is -0.491. The summed E-state index contributed by atoms with van der Waals surface area (Å²) >= 11 is 0. The summed E-state index contributed by atoms with van der Waals surface area (Å²) in [6.07, 6.45) is -1.48. The van der Waals surface area contributed by atoms with E-state index in [1.54, 1.807) is 0 Å². The van der Waals surface area contributed by atoms with E-state index in [9.17, 15) is 18.0 Å². The largest absolute Gasteiger partial charge is 0.460 e. The van der Waals surface area contributed by atoms with E-state index in [2.05, 4.69) is 6.58 Å². The van der Waals surface area contributed by atoms with Crippen molar-refractivity contribution in [1.29, 1.82) is 0 Å². The molecule has 1 atom stereocenters. The molecular formula is C15H16F3NO2. The van der Waals surface area contributed by atoms with E-state index in [4.69, 9.17) is 4.74 Å². The number of nitrogens with zero attached hydrogens (tertiary/aromatic N) is 1. The van der Waals surface area contributed by atoms with Gasteiger partial charge in [0, 0.05) is 18.3 Å². The van der Waals surface area contributed by atoms with Gasteiger partial charge >= 0.3 is 12.1 Å². The molecule has 0 N–H and O–H groups in total. The molecule has 0 amide bonds. The van der Waals surface area contributed by atoms with Crippen LogP contribution in [0.15, 0.2) is 36.9 Å². The van der Waals surface area contributed by atoms with Crippen LogP contribution >= 0.6 is 0 Å². The Kier molecular flexibility index (Phi) is 4.55. The molecule has 2 rings (SSSR count). The molecule has 114 valence electrons. The number of alkyl halides is 3. The molecule has 0 saturated carbocycles. The first kappa shape index (κ1) is 15.4. The van der Waals surface area contributed by atoms with Gasteiger partial charge < -0.3 is 9.64 Å². The van der Waals surface area contributed by atoms with Gasteiger partial charge in [0.25, 0.3) is 0 Å². The van der Waals surface area contributed by atoms with Gasteiger partial charge in [-0.25, -0.2) is 4.79 Å². The predicted molar refractivity (Wildman–Crippen MR) is 73.0 cm³/mol. The molecule has 0 spiro atoms. The number of benzene rings is 1. The second kappa shape index (κ2) is 6.20. The predicted octanol–water partition coefficient (Wildman–Crippen LogP) is 3.40. The second-order valence-electron chi connectivity index (χ2n) is 4.87. The molecule has 1 fully saturated rings. The Labute approximate surface area is 121 Å². The van der Waals surface area contributed by atoms with Crippen molar-refractivity contribution in [3.8, 4) is 0 Å². The van der Waals surface area contributed by atoms with Crippen LogP contribution in [0, 0.1) is 0 Å². The lowest BCUT2D eigenvalue weighted by Crippen LogP contribution is -2.33. The average Bonchev–Trinajstić information content (AvgIpc) is 2.92. The molecule has 1 saturated heterocycles. The molecule has 3 nitrogen and oxygen atoms in total. The molecule has 1 aliphatic heterocycles. The summed E-state index contributed by atoms with van der Waals surface area (Å²) in [6.45, 7) is 4.27. The fraction of sp³-hybridized carbons (Fsp3) is 0.400. The average molecular weight is 299 g/mol. The highest BCUT2D eigenvalue weighted by atomic mass is 19.4. The highest BCUT2D eigenvalue weighted by Crippen LogP contribution is 2.32. The molecule has 6 heteroatoms. The highest BCUT2D eigenvalue weighted by molar-refractivity contribution is 5.81. The smallest absolute Gasteiger partial charge is 0.416 e. The Morgan fingerprint density at radius 1 is 1.38 bits per heavy atom. The molecular weight excluding hydrogens is 283 g/mol. The van der Waals surface area contributed by atoms with Crippen LogP contribution in [0.25, 0.3) is 0 Å². The molecule has 0 aliphatic carbocycles. The van der Waals surface area contributed by atoms with Crippen LogP contribution in [0.4, 0.5) is 18.9 Å². The summed E-state index contributed by atoms with van der Waals surface area (Å²) in [6, 6.07) is 5.04. The summed E-state index contributed by atoms with van der Waals surface area (Å²) in [5, 5.41) is 0. The van der Waals surface area contributed by atoms with Crippen LogP contribution in [0.2, 0.25) is 0 Å². The summed E-state index contributed by atoms with van der Waals surface area (Å²) in [5.41, 5.74) is 0.0419. The van der Waals surface area contributed by atoms with Crippen molar-refractivity contribution >= 4 is 11.7 Å². The highest BCUT2D eigenvalue weighted by Gasteiger charge is 2.31. The maximum Gasteiger partial charge on any atom is 0.416 e. The number of carbonyl (C=O) groups is 1. The fourth-order valence-corrected chi connectivity index (χ4v) is 2.43. The first-order valence-corrected chi connectivity index (χ1v) is 6.65. The van der Waals surface area contributed by atoms with Gasteiger partial charge in [0.2, 0.25) is 0 Å². The van der Waals surface area contributed by atoms with Gasteiger partial charge in [-0.3, -0.25) is 0 Å². The topological polar surface area (TPSA) is 29.5 Å². The van der Waals surface area contributed by atoms with Crippen LogP contribution in [-0.2, 0) is 15.7 Å². The summed E-state index contributed by atoms with van der Waals surface area (Å²) in [7, 11) is 0. The zero-order valence-corrected chi connectivity index (χ0v) is 11.4. The fourth-order valence-electron chi connectivity index (χ4n) is 2.43. The number of hydrogen-bond acceptors (Lipinski definition) is 3. The third kappa shape index (κ3) is 3.77. The molecule has 1 heterocycles. The van der Waals surface area contributed by atoms with Gasteiger partial charge in [0.1, 0.15) is 6.61 Å². The van der Waals surface area contributed by atoms with E-state index in [1.807, 2.05) is 4.90 Å². The van der Waals surface area contributed by atoms with Crippen molar-refractivity contribution in [2.45, 2.75) is 25.1 Å². The molecule has 0 radical (unpaired) electrons. The van der Waals surface area contributed by atoms with E-state index in [0.29, 0.717) is 5.69 Å². The molecule has 1 aliphatic rings. The lowest BCUT2D eigenvalue weighted by molar-refractivity contribution is -0.138. The van der Waals surface area contributed by atoms with Gasteiger partial charge in [-0.15, -0.1) is 0 Å². The molecule has 1 aromatic rings. The minimum Gasteiger partial charge on any atom is -0.460 e. The Hall–Kier alpha value is -1.98. The molecule has 21 heavy (non-hydrogen) atoms. The Bertz CT molecular complexity index is 511. The number of anilines is 1. The van der Waals surface area contributed by atoms with Crippen LogP contribution in [0.5, 0.6) is 0 Å². The number of esters is 1. The minimum absolute atomic E-state index is 0.00867. The van der Waals surface area contributed by atoms with Crippen LogP contribution in [-0.4, -0.2) is 25.2 Å². The van der Waals surface area contributed by atoms with Gasteiger partial charge in [0.05, 0.1) is 11.6 Å². The number of rotatable bonds is 4. The third-order valence-corrected chi connectivity index (χ3v) is 3.49.